The van der Waals surface area contributed by atoms with E-state index in [-0.39, 0.29) is 23.8 Å². The molecule has 0 aliphatic carbocycles. The second-order valence-electron chi connectivity index (χ2n) is 6.70. The number of fused-ring (bicyclic) bond motifs is 2. The number of rotatable bonds is 4. The third-order valence-electron chi connectivity index (χ3n) is 4.88. The van der Waals surface area contributed by atoms with Crippen LogP contribution >= 0.6 is 0 Å². The molecule has 0 radical (unpaired) electrons. The third kappa shape index (κ3) is 2.97. The van der Waals surface area contributed by atoms with Crippen molar-refractivity contribution in [1.29, 1.82) is 0 Å². The fourth-order valence-electron chi connectivity index (χ4n) is 3.48. The summed E-state index contributed by atoms with van der Waals surface area (Å²) in [5.74, 6) is 0.00240. The van der Waals surface area contributed by atoms with Gasteiger partial charge in [-0.15, -0.1) is 10.2 Å². The Balaban J connectivity index is 1.33. The Morgan fingerprint density at radius 3 is 2.93 bits per heavy atom. The summed E-state index contributed by atoms with van der Waals surface area (Å²) in [6.45, 7) is 0. The molecule has 0 saturated carbocycles. The summed E-state index contributed by atoms with van der Waals surface area (Å²) in [5.41, 5.74) is 1.49. The van der Waals surface area contributed by atoms with Crippen LogP contribution in [0.25, 0.3) is 16.9 Å². The predicted molar refractivity (Wildman–Crippen MR) is 95.6 cm³/mol. The molecule has 1 aromatic carbocycles. The number of halogens is 1. The summed E-state index contributed by atoms with van der Waals surface area (Å²) in [5, 5.41) is 29.1. The lowest BCUT2D eigenvalue weighted by atomic mass is 9.99. The van der Waals surface area contributed by atoms with Gasteiger partial charge in [-0.2, -0.15) is 0 Å². The van der Waals surface area contributed by atoms with Crippen LogP contribution in [-0.2, 0) is 0 Å². The highest BCUT2D eigenvalue weighted by Gasteiger charge is 2.40. The van der Waals surface area contributed by atoms with Crippen LogP contribution < -0.4 is 10.1 Å². The number of nitrogens with zero attached hydrogens (tertiary/aromatic N) is 6. The minimum Gasteiger partial charge on any atom is -0.507 e. The van der Waals surface area contributed by atoms with Gasteiger partial charge >= 0.3 is 6.01 Å². The van der Waals surface area contributed by atoms with Crippen molar-refractivity contribution in [2.45, 2.75) is 30.8 Å². The number of piperidine rings is 1. The Kier molecular flexibility index (Phi) is 3.97. The summed E-state index contributed by atoms with van der Waals surface area (Å²) in [6.07, 6.45) is 7.13. The van der Waals surface area contributed by atoms with Gasteiger partial charge in [-0.1, -0.05) is 22.5 Å². The fraction of sp³-hybridized carbons (Fsp3) is 0.278. The van der Waals surface area contributed by atoms with Crippen molar-refractivity contribution >= 4 is 0 Å². The van der Waals surface area contributed by atoms with E-state index in [1.54, 1.807) is 30.6 Å². The molecule has 4 heterocycles. The van der Waals surface area contributed by atoms with Crippen LogP contribution in [0.4, 0.5) is 4.39 Å². The van der Waals surface area contributed by atoms with Crippen LogP contribution in [0.2, 0.25) is 0 Å². The summed E-state index contributed by atoms with van der Waals surface area (Å²) in [4.78, 5) is 4.13. The average molecular weight is 381 g/mol. The number of hydrogen-bond acceptors (Lipinski definition) is 8. The number of benzene rings is 1. The number of alkyl halides is 1. The van der Waals surface area contributed by atoms with E-state index < -0.39 is 12.3 Å². The largest absolute Gasteiger partial charge is 0.507 e. The monoisotopic (exact) mass is 381 g/mol. The topological polar surface area (TPSA) is 111 Å². The van der Waals surface area contributed by atoms with E-state index in [9.17, 15) is 9.50 Å². The Labute approximate surface area is 158 Å². The lowest BCUT2D eigenvalue weighted by Gasteiger charge is -2.32. The van der Waals surface area contributed by atoms with E-state index in [2.05, 4.69) is 30.8 Å². The van der Waals surface area contributed by atoms with Crippen molar-refractivity contribution in [2.75, 3.05) is 0 Å². The molecule has 142 valence electrons. The number of ether oxygens (including phenoxy) is 1. The zero-order valence-corrected chi connectivity index (χ0v) is 14.6. The van der Waals surface area contributed by atoms with Crippen molar-refractivity contribution in [3.63, 3.8) is 0 Å². The third-order valence-corrected chi connectivity index (χ3v) is 4.88. The van der Waals surface area contributed by atoms with E-state index in [0.717, 1.165) is 0 Å². The maximum absolute atomic E-state index is 14.4. The summed E-state index contributed by atoms with van der Waals surface area (Å²) in [6, 6.07) is 4.78. The van der Waals surface area contributed by atoms with Crippen LogP contribution in [0, 0.1) is 0 Å². The Hall–Kier alpha value is -3.40. The van der Waals surface area contributed by atoms with Crippen LogP contribution in [0.15, 0.2) is 48.9 Å². The highest BCUT2D eigenvalue weighted by atomic mass is 19.1. The zero-order valence-electron chi connectivity index (χ0n) is 14.6. The minimum atomic E-state index is -1.17. The molecule has 1 saturated heterocycles. The van der Waals surface area contributed by atoms with Gasteiger partial charge in [0.2, 0.25) is 0 Å². The zero-order chi connectivity index (χ0) is 19.1. The average Bonchev–Trinajstić information content (AvgIpc) is 3.37. The molecule has 1 fully saturated rings. The molecular formula is C18H16FN7O2. The first-order valence-electron chi connectivity index (χ1n) is 8.82. The molecule has 2 aliphatic rings. The van der Waals surface area contributed by atoms with Crippen LogP contribution in [-0.4, -0.2) is 59.6 Å². The molecular weight excluding hydrogens is 365 g/mol. The number of nitrogens with one attached hydrogen (secondary N) is 1. The van der Waals surface area contributed by atoms with E-state index in [0.29, 0.717) is 23.4 Å². The van der Waals surface area contributed by atoms with Gasteiger partial charge in [-0.05, 0) is 12.1 Å². The van der Waals surface area contributed by atoms with E-state index >= 15 is 0 Å². The molecule has 2 aliphatic heterocycles. The number of phenols is 1. The van der Waals surface area contributed by atoms with Crippen LogP contribution in [0.1, 0.15) is 6.42 Å². The molecule has 10 heteroatoms. The smallest absolute Gasteiger partial charge is 0.336 e. The van der Waals surface area contributed by atoms with Gasteiger partial charge in [0.1, 0.15) is 17.5 Å². The van der Waals surface area contributed by atoms with Gasteiger partial charge < -0.3 is 15.2 Å². The Bertz CT molecular complexity index is 1010. The highest BCUT2D eigenvalue weighted by Crippen LogP contribution is 2.30. The van der Waals surface area contributed by atoms with E-state index in [1.807, 2.05) is 12.2 Å². The van der Waals surface area contributed by atoms with Crippen molar-refractivity contribution in [2.24, 2.45) is 0 Å². The van der Waals surface area contributed by atoms with Gasteiger partial charge in [0.25, 0.3) is 0 Å². The first-order chi connectivity index (χ1) is 13.7. The Morgan fingerprint density at radius 2 is 2.18 bits per heavy atom. The van der Waals surface area contributed by atoms with Crippen molar-refractivity contribution < 1.29 is 14.2 Å². The molecule has 2 unspecified atom stereocenters. The van der Waals surface area contributed by atoms with Crippen molar-refractivity contribution in [3.8, 4) is 28.7 Å². The molecule has 2 aromatic heterocycles. The molecule has 5 rings (SSSR count). The van der Waals surface area contributed by atoms with Crippen molar-refractivity contribution in [1.82, 2.24) is 35.5 Å². The molecule has 3 aromatic rings. The normalized spacial score (nSPS) is 25.8. The van der Waals surface area contributed by atoms with Gasteiger partial charge in [0.05, 0.1) is 30.3 Å². The van der Waals surface area contributed by atoms with Gasteiger partial charge in [-0.3, -0.25) is 0 Å². The highest BCUT2D eigenvalue weighted by molar-refractivity contribution is 5.67. The SMILES string of the molecule is Oc1cc(-n2ccnn2)ccc1-c1cnc(O[C@H]2CC3C=CC(N3)[C@@H]2F)nn1. The fourth-order valence-corrected chi connectivity index (χ4v) is 3.48. The van der Waals surface area contributed by atoms with Gasteiger partial charge in [-0.25, -0.2) is 14.1 Å². The molecule has 2 N–H and O–H groups in total. The van der Waals surface area contributed by atoms with Crippen LogP contribution in [0.3, 0.4) is 0 Å². The minimum absolute atomic E-state index is 0.00240. The summed E-state index contributed by atoms with van der Waals surface area (Å²) < 4.78 is 21.6. The molecule has 0 amide bonds. The summed E-state index contributed by atoms with van der Waals surface area (Å²) >= 11 is 0. The quantitative estimate of drug-likeness (QED) is 0.649. The van der Waals surface area contributed by atoms with Crippen LogP contribution in [0.5, 0.6) is 11.8 Å². The molecule has 2 bridgehead atoms. The van der Waals surface area contributed by atoms with Gasteiger partial charge in [0, 0.05) is 24.1 Å². The molecule has 9 nitrogen and oxygen atoms in total. The van der Waals surface area contributed by atoms with Gasteiger partial charge in [0.15, 0.2) is 6.17 Å². The molecule has 4 atom stereocenters. The number of aromatic hydroxyl groups is 1. The lowest BCUT2D eigenvalue weighted by molar-refractivity contribution is 0.0438. The summed E-state index contributed by atoms with van der Waals surface area (Å²) in [7, 11) is 0. The number of hydrogen-bond donors (Lipinski definition) is 2. The van der Waals surface area contributed by atoms with Crippen molar-refractivity contribution in [3.05, 3.63) is 48.9 Å². The second kappa shape index (κ2) is 6.64. The Morgan fingerprint density at radius 1 is 1.25 bits per heavy atom. The molecule has 28 heavy (non-hydrogen) atoms. The maximum atomic E-state index is 14.4. The first-order valence-corrected chi connectivity index (χ1v) is 8.82. The maximum Gasteiger partial charge on any atom is 0.336 e. The first kappa shape index (κ1) is 16.8. The second-order valence-corrected chi connectivity index (χ2v) is 6.70. The predicted octanol–water partition coefficient (Wildman–Crippen LogP) is 1.21. The number of aromatic nitrogens is 6. The van der Waals surface area contributed by atoms with E-state index in [1.165, 1.54) is 10.9 Å². The molecule has 0 spiro atoms. The van der Waals surface area contributed by atoms with E-state index in [4.69, 9.17) is 4.74 Å². The standard InChI is InChI=1S/C18H16FN7O2/c19-17-13-4-1-10(22-13)7-16(17)28-18-20-9-14(23-24-18)12-3-2-11(8-15(12)27)26-6-5-21-25-26/h1-6,8-10,13,16-17,22,27H,7H2/t10?,13?,16-,17-/m0/s1. The number of phenolic OH excluding ortho intramolecular Hbond substituents is 1. The lowest BCUT2D eigenvalue weighted by Crippen LogP contribution is -2.52.